The highest BCUT2D eigenvalue weighted by Gasteiger charge is 2.41. The summed E-state index contributed by atoms with van der Waals surface area (Å²) < 4.78 is 0. The predicted molar refractivity (Wildman–Crippen MR) is 95.3 cm³/mol. The summed E-state index contributed by atoms with van der Waals surface area (Å²) in [4.78, 5) is 14.7. The molecule has 0 bridgehead atoms. The summed E-state index contributed by atoms with van der Waals surface area (Å²) >= 11 is 0. The molecular weight excluding hydrogens is 300 g/mol. The Labute approximate surface area is 143 Å². The average molecular weight is 323 g/mol. The first-order valence-corrected chi connectivity index (χ1v) is 8.40. The van der Waals surface area contributed by atoms with E-state index < -0.39 is 11.3 Å². The second-order valence-electron chi connectivity index (χ2n) is 6.64. The lowest BCUT2D eigenvalue weighted by atomic mass is 9.72. The lowest BCUT2D eigenvalue weighted by Crippen LogP contribution is -2.50. The minimum atomic E-state index is -0.706. The summed E-state index contributed by atoms with van der Waals surface area (Å²) in [5.74, 6) is -0.411. The fraction of sp³-hybridized carbons (Fsp3) is 0.350. The maximum Gasteiger partial charge on any atom is 0.220 e. The zero-order chi connectivity index (χ0) is 17.0. The van der Waals surface area contributed by atoms with E-state index in [0.29, 0.717) is 12.8 Å². The van der Waals surface area contributed by atoms with Crippen molar-refractivity contribution in [1.29, 1.82) is 0 Å². The first kappa shape index (κ1) is 16.7. The number of hydroxylamine groups is 1. The van der Waals surface area contributed by atoms with Gasteiger partial charge in [-0.1, -0.05) is 60.2 Å². The van der Waals surface area contributed by atoms with Crippen LogP contribution in [0.2, 0.25) is 0 Å². The molecule has 0 radical (unpaired) electrons. The number of piperidine rings is 1. The van der Waals surface area contributed by atoms with Gasteiger partial charge in [-0.15, -0.1) is 0 Å². The Kier molecular flexibility index (Phi) is 4.97. The molecule has 126 valence electrons. The largest absolute Gasteiger partial charge is 0.759 e. The quantitative estimate of drug-likeness (QED) is 0.880. The third-order valence-corrected chi connectivity index (χ3v) is 5.09. The molecule has 0 aliphatic carbocycles. The van der Waals surface area contributed by atoms with Gasteiger partial charge in [-0.25, -0.2) is 0 Å². The number of benzene rings is 2. The van der Waals surface area contributed by atoms with E-state index in [2.05, 4.69) is 17.0 Å². The zero-order valence-corrected chi connectivity index (χ0v) is 14.0. The van der Waals surface area contributed by atoms with Gasteiger partial charge in [-0.3, -0.25) is 9.69 Å². The van der Waals surface area contributed by atoms with Crippen LogP contribution < -0.4 is 5.48 Å². The van der Waals surface area contributed by atoms with Gasteiger partial charge in [0, 0.05) is 6.54 Å². The van der Waals surface area contributed by atoms with Crippen LogP contribution in [-0.4, -0.2) is 23.9 Å². The second kappa shape index (κ2) is 7.16. The van der Waals surface area contributed by atoms with E-state index in [4.69, 9.17) is 0 Å². The Morgan fingerprint density at radius 2 is 1.71 bits per heavy atom. The fourth-order valence-corrected chi connectivity index (χ4v) is 3.55. The number of likely N-dealkylation sites (tertiary alicyclic amines) is 1. The van der Waals surface area contributed by atoms with Gasteiger partial charge >= 0.3 is 0 Å². The smallest absolute Gasteiger partial charge is 0.220 e. The third kappa shape index (κ3) is 3.35. The van der Waals surface area contributed by atoms with E-state index in [0.717, 1.165) is 30.8 Å². The minimum absolute atomic E-state index is 0.411. The summed E-state index contributed by atoms with van der Waals surface area (Å²) in [7, 11) is 0. The van der Waals surface area contributed by atoms with E-state index in [-0.39, 0.29) is 0 Å². The van der Waals surface area contributed by atoms with Crippen LogP contribution in [0.25, 0.3) is 0 Å². The Morgan fingerprint density at radius 3 is 2.29 bits per heavy atom. The molecule has 0 aromatic heterocycles. The molecule has 0 saturated carbocycles. The average Bonchev–Trinajstić information content (AvgIpc) is 2.63. The molecule has 1 fully saturated rings. The zero-order valence-electron chi connectivity index (χ0n) is 14.0. The van der Waals surface area contributed by atoms with Gasteiger partial charge in [-0.05, 0) is 44.0 Å². The number of aryl methyl sites for hydroxylation is 1. The number of hydrogen-bond acceptors (Lipinski definition) is 3. The van der Waals surface area contributed by atoms with E-state index >= 15 is 0 Å². The van der Waals surface area contributed by atoms with Crippen LogP contribution in [0.5, 0.6) is 0 Å². The molecule has 3 rings (SSSR count). The highest BCUT2D eigenvalue weighted by molar-refractivity contribution is 5.88. The molecule has 4 heteroatoms. The van der Waals surface area contributed by atoms with Gasteiger partial charge in [-0.2, -0.15) is 0 Å². The van der Waals surface area contributed by atoms with Gasteiger partial charge in [0.25, 0.3) is 0 Å². The maximum atomic E-state index is 12.4. The van der Waals surface area contributed by atoms with Gasteiger partial charge in [0.15, 0.2) is 0 Å². The Balaban J connectivity index is 1.76. The number of carbonyl (C=O) groups is 1. The number of hydrogen-bond donors (Lipinski definition) is 1. The first-order valence-electron chi connectivity index (χ1n) is 8.40. The summed E-state index contributed by atoms with van der Waals surface area (Å²) in [6.45, 7) is 4.50. The van der Waals surface area contributed by atoms with Crippen LogP contribution in [0, 0.1) is 12.1 Å². The van der Waals surface area contributed by atoms with Crippen LogP contribution in [-0.2, 0) is 16.8 Å². The van der Waals surface area contributed by atoms with Crippen LogP contribution in [0.3, 0.4) is 0 Å². The number of nitrogens with zero attached hydrogens (tertiary/aromatic N) is 1. The van der Waals surface area contributed by atoms with Crippen molar-refractivity contribution in [3.8, 4) is 0 Å². The summed E-state index contributed by atoms with van der Waals surface area (Å²) in [5.41, 5.74) is 4.31. The topological polar surface area (TPSA) is 55.4 Å². The summed E-state index contributed by atoms with van der Waals surface area (Å²) in [6.07, 6.45) is 1.33. The molecule has 0 spiro atoms. The number of rotatable bonds is 4. The van der Waals surface area contributed by atoms with Crippen LogP contribution >= 0.6 is 0 Å². The molecule has 1 N–H and O–H groups in total. The van der Waals surface area contributed by atoms with Crippen molar-refractivity contribution in [2.45, 2.75) is 31.7 Å². The summed E-state index contributed by atoms with van der Waals surface area (Å²) in [6, 6.07) is 18.3. The van der Waals surface area contributed by atoms with Gasteiger partial charge in [0.1, 0.15) is 0 Å². The van der Waals surface area contributed by atoms with Crippen LogP contribution in [0.15, 0.2) is 54.6 Å². The standard InChI is InChI=1S/C20H23N2O2/c1-16-7-9-18(10-8-16)20(19(23)21-24)11-13-22(14-12-20)15-17-5-3-2-4-6-17/h2-10H,11-15H2,1H3,(H-,21,23,24)/q-1. The van der Waals surface area contributed by atoms with Crippen molar-refractivity contribution in [2.24, 2.45) is 0 Å². The fourth-order valence-electron chi connectivity index (χ4n) is 3.55. The lowest BCUT2D eigenvalue weighted by molar-refractivity contribution is -0.127. The minimum Gasteiger partial charge on any atom is -0.759 e. The Bertz CT molecular complexity index is 675. The number of nitrogens with one attached hydrogen (secondary N) is 1. The van der Waals surface area contributed by atoms with Crippen molar-refractivity contribution in [2.75, 3.05) is 13.1 Å². The molecule has 0 unspecified atom stereocenters. The van der Waals surface area contributed by atoms with Crippen LogP contribution in [0.4, 0.5) is 0 Å². The first-order chi connectivity index (χ1) is 11.6. The van der Waals surface area contributed by atoms with E-state index in [9.17, 15) is 10.0 Å². The molecule has 1 heterocycles. The van der Waals surface area contributed by atoms with Gasteiger partial charge < -0.3 is 10.7 Å². The highest BCUT2D eigenvalue weighted by atomic mass is 16.5. The van der Waals surface area contributed by atoms with Crippen molar-refractivity contribution in [3.05, 3.63) is 76.5 Å². The molecular formula is C20H23N2O2-. The van der Waals surface area contributed by atoms with Crippen molar-refractivity contribution in [1.82, 2.24) is 10.4 Å². The molecule has 1 amide bonds. The lowest BCUT2D eigenvalue weighted by Gasteiger charge is -2.42. The molecule has 1 saturated heterocycles. The van der Waals surface area contributed by atoms with Crippen LogP contribution in [0.1, 0.15) is 29.5 Å². The SMILES string of the molecule is Cc1ccc(C2(C(=O)N[O-])CCN(Cc3ccccc3)CC2)cc1. The van der Waals surface area contributed by atoms with Crippen molar-refractivity contribution >= 4 is 5.91 Å². The predicted octanol–water partition coefficient (Wildman–Crippen LogP) is 3.14. The van der Waals surface area contributed by atoms with Gasteiger partial charge in [0.05, 0.1) is 5.41 Å². The normalized spacial score (nSPS) is 17.4. The summed E-state index contributed by atoms with van der Waals surface area (Å²) in [5, 5.41) is 11.1. The molecule has 4 nitrogen and oxygen atoms in total. The number of amides is 1. The highest BCUT2D eigenvalue weighted by Crippen LogP contribution is 2.36. The monoisotopic (exact) mass is 323 g/mol. The van der Waals surface area contributed by atoms with E-state index in [1.165, 1.54) is 5.56 Å². The van der Waals surface area contributed by atoms with Gasteiger partial charge in [0.2, 0.25) is 5.91 Å². The van der Waals surface area contributed by atoms with E-state index in [1.807, 2.05) is 49.4 Å². The van der Waals surface area contributed by atoms with Crippen molar-refractivity contribution in [3.63, 3.8) is 0 Å². The molecule has 0 atom stereocenters. The van der Waals surface area contributed by atoms with E-state index in [1.54, 1.807) is 5.48 Å². The molecule has 2 aromatic carbocycles. The van der Waals surface area contributed by atoms with Crippen molar-refractivity contribution < 1.29 is 4.79 Å². The Hall–Kier alpha value is -2.17. The third-order valence-electron chi connectivity index (χ3n) is 5.09. The number of carbonyl (C=O) groups excluding carboxylic acids is 1. The molecule has 2 aromatic rings. The Morgan fingerprint density at radius 1 is 1.08 bits per heavy atom. The second-order valence-corrected chi connectivity index (χ2v) is 6.64. The molecule has 24 heavy (non-hydrogen) atoms. The molecule has 1 aliphatic rings. The molecule has 1 aliphatic heterocycles. The maximum absolute atomic E-state index is 12.4.